The number of rotatable bonds is 45. The van der Waals surface area contributed by atoms with Gasteiger partial charge in [-0.05, 0) is 44.9 Å². The lowest BCUT2D eigenvalue weighted by Gasteiger charge is -2.24. The van der Waals surface area contributed by atoms with E-state index in [2.05, 4.69) is 62.5 Å². The number of carbonyl (C=O) groups is 2. The first kappa shape index (κ1) is 56.1. The molecule has 0 aliphatic carbocycles. The van der Waals surface area contributed by atoms with Crippen molar-refractivity contribution in [2.45, 2.75) is 277 Å². The lowest BCUT2D eigenvalue weighted by molar-refractivity contribution is -0.151. The van der Waals surface area contributed by atoms with E-state index < -0.39 is 18.2 Å². The number of nitrogens with one attached hydrogen (secondary N) is 1. The molecule has 340 valence electrons. The number of hydrogen-bond acceptors (Lipinski definition) is 5. The number of hydrogen-bond donors (Lipinski definition) is 3. The van der Waals surface area contributed by atoms with Crippen LogP contribution in [0, 0.1) is 0 Å². The Labute approximate surface area is 360 Å². The number of aliphatic hydroxyl groups excluding tert-OH is 2. The van der Waals surface area contributed by atoms with Crippen LogP contribution in [-0.4, -0.2) is 46.9 Å². The highest BCUT2D eigenvalue weighted by Gasteiger charge is 2.24. The zero-order valence-corrected chi connectivity index (χ0v) is 38.7. The van der Waals surface area contributed by atoms with E-state index in [0.717, 1.165) is 77.0 Å². The molecule has 0 radical (unpaired) electrons. The second-order valence-corrected chi connectivity index (χ2v) is 17.3. The topological polar surface area (TPSA) is 95.9 Å². The Hall–Kier alpha value is -1.92. The van der Waals surface area contributed by atoms with Gasteiger partial charge in [0.15, 0.2) is 0 Å². The summed E-state index contributed by atoms with van der Waals surface area (Å²) in [5, 5.41) is 23.8. The second-order valence-electron chi connectivity index (χ2n) is 17.3. The quantitative estimate of drug-likeness (QED) is 0.0323. The van der Waals surface area contributed by atoms with Gasteiger partial charge >= 0.3 is 5.97 Å². The lowest BCUT2D eigenvalue weighted by Crippen LogP contribution is -2.46. The summed E-state index contributed by atoms with van der Waals surface area (Å²) in [6.45, 7) is 6.35. The molecule has 6 nitrogen and oxygen atoms in total. The summed E-state index contributed by atoms with van der Waals surface area (Å²) in [7, 11) is 0. The van der Waals surface area contributed by atoms with Gasteiger partial charge in [-0.1, -0.05) is 237 Å². The van der Waals surface area contributed by atoms with Gasteiger partial charge in [-0.3, -0.25) is 9.59 Å². The molecule has 0 spiro atoms. The molecule has 0 aliphatic heterocycles. The fourth-order valence-electron chi connectivity index (χ4n) is 7.73. The maximum atomic E-state index is 13.2. The summed E-state index contributed by atoms with van der Waals surface area (Å²) < 4.78 is 5.91. The van der Waals surface area contributed by atoms with Crippen LogP contribution in [0.25, 0.3) is 0 Å². The Morgan fingerprint density at radius 2 is 0.931 bits per heavy atom. The van der Waals surface area contributed by atoms with Crippen molar-refractivity contribution >= 4 is 11.9 Å². The van der Waals surface area contributed by atoms with Crippen LogP contribution in [0.15, 0.2) is 36.5 Å². The molecule has 1 amide bonds. The molecule has 0 aromatic heterocycles. The summed E-state index contributed by atoms with van der Waals surface area (Å²) in [6, 6.07) is -0.704. The van der Waals surface area contributed by atoms with E-state index in [1.165, 1.54) is 135 Å². The van der Waals surface area contributed by atoms with Crippen molar-refractivity contribution in [1.82, 2.24) is 5.32 Å². The first-order valence-electron chi connectivity index (χ1n) is 25.2. The van der Waals surface area contributed by atoms with Gasteiger partial charge in [0, 0.05) is 6.42 Å². The molecule has 58 heavy (non-hydrogen) atoms. The second kappa shape index (κ2) is 46.2. The third-order valence-corrected chi connectivity index (χ3v) is 11.5. The Bertz CT molecular complexity index is 961. The van der Waals surface area contributed by atoms with Crippen LogP contribution >= 0.6 is 0 Å². The minimum Gasteiger partial charge on any atom is -0.462 e. The minimum atomic E-state index is -0.790. The van der Waals surface area contributed by atoms with Crippen molar-refractivity contribution in [3.05, 3.63) is 36.5 Å². The fourth-order valence-corrected chi connectivity index (χ4v) is 7.73. The molecule has 3 N–H and O–H groups in total. The van der Waals surface area contributed by atoms with Crippen molar-refractivity contribution in [2.24, 2.45) is 0 Å². The van der Waals surface area contributed by atoms with Gasteiger partial charge in [0.1, 0.15) is 6.10 Å². The fraction of sp³-hybridized carbons (Fsp3) is 0.846. The zero-order chi connectivity index (χ0) is 42.4. The maximum Gasteiger partial charge on any atom is 0.306 e. The average molecular weight is 816 g/mol. The third kappa shape index (κ3) is 40.8. The third-order valence-electron chi connectivity index (χ3n) is 11.5. The number of allylic oxidation sites excluding steroid dienone is 6. The van der Waals surface area contributed by atoms with Gasteiger partial charge in [0.2, 0.25) is 5.91 Å². The van der Waals surface area contributed by atoms with E-state index in [4.69, 9.17) is 4.74 Å². The van der Waals surface area contributed by atoms with E-state index in [1.807, 2.05) is 0 Å². The Morgan fingerprint density at radius 3 is 1.40 bits per heavy atom. The SMILES string of the molecule is CC/C=C/C=C/C=C/CCCCCCCC(CC(=O)NC(CO)C(O)CCCCCCCCCCCCCCCCCC)OC(=O)CCCCCCCCCCCC. The van der Waals surface area contributed by atoms with Crippen LogP contribution in [0.1, 0.15) is 258 Å². The number of unbranched alkanes of at least 4 members (excludes halogenated alkanes) is 29. The molecule has 6 heteroatoms. The molecular weight excluding hydrogens is 719 g/mol. The van der Waals surface area contributed by atoms with Crippen LogP contribution in [0.2, 0.25) is 0 Å². The lowest BCUT2D eigenvalue weighted by atomic mass is 10.0. The van der Waals surface area contributed by atoms with Crippen molar-refractivity contribution in [2.75, 3.05) is 6.61 Å². The summed E-state index contributed by atoms with van der Waals surface area (Å²) >= 11 is 0. The molecule has 0 aromatic carbocycles. The predicted octanol–water partition coefficient (Wildman–Crippen LogP) is 14.9. The molecule has 0 saturated heterocycles. The molecular formula is C52H97NO5. The van der Waals surface area contributed by atoms with Gasteiger partial charge in [0.25, 0.3) is 0 Å². The highest BCUT2D eigenvalue weighted by molar-refractivity contribution is 5.77. The van der Waals surface area contributed by atoms with Crippen molar-refractivity contribution < 1.29 is 24.5 Å². The Morgan fingerprint density at radius 1 is 0.517 bits per heavy atom. The van der Waals surface area contributed by atoms with Crippen LogP contribution in [0.3, 0.4) is 0 Å². The molecule has 0 aromatic rings. The van der Waals surface area contributed by atoms with Gasteiger partial charge in [-0.2, -0.15) is 0 Å². The van der Waals surface area contributed by atoms with Gasteiger partial charge in [0.05, 0.1) is 25.2 Å². The van der Waals surface area contributed by atoms with Crippen LogP contribution in [0.5, 0.6) is 0 Å². The summed E-state index contributed by atoms with van der Waals surface area (Å²) in [4.78, 5) is 26.0. The van der Waals surface area contributed by atoms with Gasteiger partial charge < -0.3 is 20.3 Å². The minimum absolute atomic E-state index is 0.0673. The van der Waals surface area contributed by atoms with Crippen LogP contribution in [-0.2, 0) is 14.3 Å². The molecule has 0 bridgehead atoms. The number of esters is 1. The predicted molar refractivity (Wildman–Crippen MR) is 250 cm³/mol. The highest BCUT2D eigenvalue weighted by Crippen LogP contribution is 2.18. The monoisotopic (exact) mass is 816 g/mol. The van der Waals surface area contributed by atoms with Gasteiger partial charge in [-0.25, -0.2) is 0 Å². The molecule has 3 atom stereocenters. The van der Waals surface area contributed by atoms with Crippen LogP contribution in [0.4, 0.5) is 0 Å². The smallest absolute Gasteiger partial charge is 0.306 e. The number of ether oxygens (including phenoxy) is 1. The summed E-state index contributed by atoms with van der Waals surface area (Å²) in [5.74, 6) is -0.488. The maximum absolute atomic E-state index is 13.2. The Kier molecular flexibility index (Phi) is 44.6. The number of carbonyl (C=O) groups excluding carboxylic acids is 2. The average Bonchev–Trinajstić information content (AvgIpc) is 3.22. The molecule has 0 fully saturated rings. The molecule has 0 saturated carbocycles. The largest absolute Gasteiger partial charge is 0.462 e. The van der Waals surface area contributed by atoms with Gasteiger partial charge in [-0.15, -0.1) is 0 Å². The van der Waals surface area contributed by atoms with Crippen molar-refractivity contribution in [1.29, 1.82) is 0 Å². The van der Waals surface area contributed by atoms with Crippen molar-refractivity contribution in [3.8, 4) is 0 Å². The van der Waals surface area contributed by atoms with E-state index in [0.29, 0.717) is 19.3 Å². The first-order valence-corrected chi connectivity index (χ1v) is 25.2. The standard InChI is InChI=1S/C52H97NO5/c1-4-7-10-13-16-19-22-24-25-26-28-30-32-35-38-41-44-50(55)49(47-54)53-51(56)46-48(43-40-37-34-31-29-27-23-20-17-14-11-8-5-2)58-52(57)45-42-39-36-33-21-18-15-12-9-6-3/h8,11,14,17,20,23,48-50,54-55H,4-7,9-10,12-13,15-16,18-19,21-22,24-47H2,1-3H3,(H,53,56)/b11-8+,17-14+,23-20+. The zero-order valence-electron chi connectivity index (χ0n) is 38.7. The Balaban J connectivity index is 4.51. The van der Waals surface area contributed by atoms with E-state index >= 15 is 0 Å². The van der Waals surface area contributed by atoms with E-state index in [-0.39, 0.29) is 24.9 Å². The molecule has 3 unspecified atom stereocenters. The summed E-state index contributed by atoms with van der Waals surface area (Å²) in [6.07, 6.45) is 53.5. The van der Waals surface area contributed by atoms with E-state index in [9.17, 15) is 19.8 Å². The molecule has 0 heterocycles. The normalized spacial score (nSPS) is 13.5. The van der Waals surface area contributed by atoms with E-state index in [1.54, 1.807) is 0 Å². The summed E-state index contributed by atoms with van der Waals surface area (Å²) in [5.41, 5.74) is 0. The number of amides is 1. The highest BCUT2D eigenvalue weighted by atomic mass is 16.5. The van der Waals surface area contributed by atoms with Crippen molar-refractivity contribution in [3.63, 3.8) is 0 Å². The first-order chi connectivity index (χ1) is 28.5. The molecule has 0 aliphatic rings. The van der Waals surface area contributed by atoms with Crippen LogP contribution < -0.4 is 5.32 Å². The number of aliphatic hydroxyl groups is 2. The molecule has 0 rings (SSSR count).